The van der Waals surface area contributed by atoms with Gasteiger partial charge in [-0.05, 0) is 105 Å². The number of aromatic nitrogens is 2. The number of rotatable bonds is 7. The zero-order valence-corrected chi connectivity index (χ0v) is 35.8. The van der Waals surface area contributed by atoms with Crippen molar-refractivity contribution < 1.29 is 0 Å². The van der Waals surface area contributed by atoms with Crippen molar-refractivity contribution in [1.82, 2.24) is 9.13 Å². The number of benzene rings is 9. The fourth-order valence-electron chi connectivity index (χ4n) is 10.6. The highest BCUT2D eigenvalue weighted by Crippen LogP contribution is 2.47. The standard InChI is InChI=1S/C62H46N2/c1-42-51(45-23-11-4-12-24-45)36-33-46(43-19-7-2-8-20-43)39-56(42)55-32-18-31-54-53-30-17-29-52(61(53)64(62(54)55)50-27-15-6-16-28-50)48-35-38-60-58(41-48)57-40-47(44-21-9-3-10-22-44)34-37-59(57)63(60)49-25-13-5-14-26-49/h2-32,34-42,56H,33H2,1H3. The Balaban J connectivity index is 1.12. The monoisotopic (exact) mass is 818 g/mol. The van der Waals surface area contributed by atoms with E-state index in [0.717, 1.165) is 17.8 Å². The molecule has 9 aromatic carbocycles. The molecule has 0 amide bonds. The van der Waals surface area contributed by atoms with Crippen molar-refractivity contribution in [2.75, 3.05) is 0 Å². The molecule has 1 aliphatic rings. The van der Waals surface area contributed by atoms with Crippen LogP contribution < -0.4 is 0 Å². The summed E-state index contributed by atoms with van der Waals surface area (Å²) in [5, 5.41) is 5.00. The smallest absolute Gasteiger partial charge is 0.0619 e. The van der Waals surface area contributed by atoms with Crippen molar-refractivity contribution in [2.24, 2.45) is 5.92 Å². The Bertz CT molecular complexity index is 3560. The van der Waals surface area contributed by atoms with Crippen molar-refractivity contribution >= 4 is 54.8 Å². The van der Waals surface area contributed by atoms with E-state index in [0.29, 0.717) is 0 Å². The van der Waals surface area contributed by atoms with E-state index in [1.54, 1.807) is 0 Å². The van der Waals surface area contributed by atoms with Crippen LogP contribution in [0.25, 0.3) is 88.4 Å². The molecule has 0 radical (unpaired) electrons. The molecule has 0 saturated heterocycles. The maximum atomic E-state index is 2.58. The maximum Gasteiger partial charge on any atom is 0.0619 e. The molecule has 0 bridgehead atoms. The van der Waals surface area contributed by atoms with Crippen molar-refractivity contribution in [3.05, 3.63) is 253 Å². The van der Waals surface area contributed by atoms with E-state index in [9.17, 15) is 0 Å². The van der Waals surface area contributed by atoms with E-state index in [2.05, 4.69) is 253 Å². The lowest BCUT2D eigenvalue weighted by molar-refractivity contribution is 0.665. The molecule has 2 aromatic heterocycles. The van der Waals surface area contributed by atoms with E-state index < -0.39 is 0 Å². The highest BCUT2D eigenvalue weighted by molar-refractivity contribution is 6.16. The van der Waals surface area contributed by atoms with E-state index in [1.807, 2.05) is 0 Å². The molecule has 0 aliphatic heterocycles. The molecule has 0 saturated carbocycles. The third-order valence-corrected chi connectivity index (χ3v) is 13.6. The number of hydrogen-bond donors (Lipinski definition) is 0. The molecule has 0 N–H and O–H groups in total. The number of hydrogen-bond acceptors (Lipinski definition) is 0. The van der Waals surface area contributed by atoms with Crippen molar-refractivity contribution in [1.29, 1.82) is 0 Å². The zero-order chi connectivity index (χ0) is 42.6. The number of para-hydroxylation sites is 4. The molecule has 0 spiro atoms. The summed E-state index contributed by atoms with van der Waals surface area (Å²) in [6.45, 7) is 2.43. The molecule has 1 aliphatic carbocycles. The predicted molar refractivity (Wildman–Crippen MR) is 271 cm³/mol. The van der Waals surface area contributed by atoms with Crippen LogP contribution in [0.4, 0.5) is 0 Å². The molecule has 12 rings (SSSR count). The summed E-state index contributed by atoms with van der Waals surface area (Å²) in [6, 6.07) is 82.4. The largest absolute Gasteiger partial charge is 0.309 e. The first-order valence-electron chi connectivity index (χ1n) is 22.5. The molecule has 2 heteroatoms. The van der Waals surface area contributed by atoms with Gasteiger partial charge in [-0.25, -0.2) is 0 Å². The Morgan fingerprint density at radius 1 is 0.391 bits per heavy atom. The van der Waals surface area contributed by atoms with Gasteiger partial charge in [0.1, 0.15) is 0 Å². The van der Waals surface area contributed by atoms with Crippen LogP contribution in [0.3, 0.4) is 0 Å². The van der Waals surface area contributed by atoms with Crippen LogP contribution in [0.15, 0.2) is 237 Å². The fourth-order valence-corrected chi connectivity index (χ4v) is 10.6. The molecular weight excluding hydrogens is 773 g/mol. The van der Waals surface area contributed by atoms with Gasteiger partial charge in [0.2, 0.25) is 0 Å². The van der Waals surface area contributed by atoms with Crippen molar-refractivity contribution in [3.63, 3.8) is 0 Å². The lowest BCUT2D eigenvalue weighted by atomic mass is 9.79. The summed E-state index contributed by atoms with van der Waals surface area (Å²) in [7, 11) is 0. The molecule has 11 aromatic rings. The lowest BCUT2D eigenvalue weighted by Gasteiger charge is -2.26. The summed E-state index contributed by atoms with van der Waals surface area (Å²) in [6.07, 6.45) is 5.94. The highest BCUT2D eigenvalue weighted by Gasteiger charge is 2.29. The van der Waals surface area contributed by atoms with Gasteiger partial charge in [-0.2, -0.15) is 0 Å². The molecule has 2 atom stereocenters. The second kappa shape index (κ2) is 15.8. The van der Waals surface area contributed by atoms with Crippen LogP contribution in [0.2, 0.25) is 0 Å². The average Bonchev–Trinajstić information content (AvgIpc) is 3.82. The van der Waals surface area contributed by atoms with Gasteiger partial charge >= 0.3 is 0 Å². The van der Waals surface area contributed by atoms with Crippen molar-refractivity contribution in [2.45, 2.75) is 19.3 Å². The van der Waals surface area contributed by atoms with Gasteiger partial charge < -0.3 is 9.13 Å². The average molecular weight is 819 g/mol. The number of allylic oxidation sites excluding steroid dienone is 4. The van der Waals surface area contributed by atoms with Gasteiger partial charge in [0.15, 0.2) is 0 Å². The molecule has 64 heavy (non-hydrogen) atoms. The van der Waals surface area contributed by atoms with Crippen LogP contribution in [-0.2, 0) is 0 Å². The zero-order valence-electron chi connectivity index (χ0n) is 35.8. The molecule has 0 fully saturated rings. The lowest BCUT2D eigenvalue weighted by Crippen LogP contribution is -2.11. The molecule has 2 unspecified atom stereocenters. The summed E-state index contributed by atoms with van der Waals surface area (Å²) in [5.74, 6) is 0.336. The Morgan fingerprint density at radius 3 is 1.55 bits per heavy atom. The van der Waals surface area contributed by atoms with Crippen LogP contribution >= 0.6 is 0 Å². The highest BCUT2D eigenvalue weighted by atomic mass is 15.0. The summed E-state index contributed by atoms with van der Waals surface area (Å²) in [5.41, 5.74) is 18.7. The topological polar surface area (TPSA) is 9.86 Å². The normalized spacial score (nSPS) is 15.4. The van der Waals surface area contributed by atoms with Gasteiger partial charge in [-0.1, -0.05) is 195 Å². The summed E-state index contributed by atoms with van der Waals surface area (Å²) < 4.78 is 4.99. The third-order valence-electron chi connectivity index (χ3n) is 13.6. The molecular formula is C62H46N2. The van der Waals surface area contributed by atoms with E-state index in [4.69, 9.17) is 0 Å². The number of nitrogens with zero attached hydrogens (tertiary/aromatic N) is 2. The van der Waals surface area contributed by atoms with Crippen LogP contribution in [0.1, 0.15) is 36.0 Å². The van der Waals surface area contributed by atoms with Crippen molar-refractivity contribution in [3.8, 4) is 33.6 Å². The van der Waals surface area contributed by atoms with E-state index >= 15 is 0 Å². The Kier molecular flexibility index (Phi) is 9.30. The van der Waals surface area contributed by atoms with Gasteiger partial charge in [-0.15, -0.1) is 0 Å². The third kappa shape index (κ3) is 6.33. The second-order valence-electron chi connectivity index (χ2n) is 17.2. The minimum Gasteiger partial charge on any atom is -0.309 e. The minimum absolute atomic E-state index is 0.113. The molecule has 304 valence electrons. The first-order valence-corrected chi connectivity index (χ1v) is 22.5. The Morgan fingerprint density at radius 2 is 0.906 bits per heavy atom. The first-order chi connectivity index (χ1) is 31.7. The Labute approximate surface area is 374 Å². The van der Waals surface area contributed by atoms with E-state index in [1.165, 1.54) is 93.7 Å². The van der Waals surface area contributed by atoms with Gasteiger partial charge in [0, 0.05) is 44.4 Å². The van der Waals surface area contributed by atoms with Gasteiger partial charge in [0.25, 0.3) is 0 Å². The quantitative estimate of drug-likeness (QED) is 0.152. The maximum absolute atomic E-state index is 2.58. The number of fused-ring (bicyclic) bond motifs is 6. The molecule has 2 nitrogen and oxygen atoms in total. The van der Waals surface area contributed by atoms with Crippen LogP contribution in [0.5, 0.6) is 0 Å². The predicted octanol–water partition coefficient (Wildman–Crippen LogP) is 16.5. The molecule has 2 heterocycles. The fraction of sp³-hybridized carbons (Fsp3) is 0.0645. The Hall–Kier alpha value is -7.94. The van der Waals surface area contributed by atoms with Crippen LogP contribution in [-0.4, -0.2) is 9.13 Å². The summed E-state index contributed by atoms with van der Waals surface area (Å²) in [4.78, 5) is 0. The summed E-state index contributed by atoms with van der Waals surface area (Å²) >= 11 is 0. The first kappa shape index (κ1) is 37.8. The van der Waals surface area contributed by atoms with Crippen LogP contribution in [0, 0.1) is 5.92 Å². The minimum atomic E-state index is 0.113. The SMILES string of the molecule is CC1C(c2ccccc2)=CCC(c2ccccc2)=CC1c1cccc2c3cccc(-c4ccc5c(c4)c4cc(-c6ccccc6)ccc4n5-c4ccccc4)c3n(-c3ccccc3)c12. The van der Waals surface area contributed by atoms with Gasteiger partial charge in [0.05, 0.1) is 22.1 Å². The second-order valence-corrected chi connectivity index (χ2v) is 17.2. The van der Waals surface area contributed by atoms with Gasteiger partial charge in [-0.3, -0.25) is 0 Å². The van der Waals surface area contributed by atoms with E-state index in [-0.39, 0.29) is 11.8 Å².